The van der Waals surface area contributed by atoms with E-state index < -0.39 is 10.9 Å². The molecular formula is C11H13N3O4. The molecule has 0 radical (unpaired) electrons. The van der Waals surface area contributed by atoms with Crippen LogP contribution in [0.5, 0.6) is 0 Å². The second kappa shape index (κ2) is 4.99. The molecule has 1 fully saturated rings. The molecule has 1 N–H and O–H groups in total. The molecule has 1 saturated carbocycles. The third kappa shape index (κ3) is 2.93. The standard InChI is InChI=1S/C11H13N3O4/c15-10(16)7-13(6-8-3-4-8)11-9(14(17)18)2-1-5-12-11/h1-2,5,8H,3-4,6-7H2,(H,15,16). The normalized spacial score (nSPS) is 14.2. The van der Waals surface area contributed by atoms with Gasteiger partial charge in [-0.05, 0) is 24.8 Å². The van der Waals surface area contributed by atoms with E-state index in [1.165, 1.54) is 23.2 Å². The largest absolute Gasteiger partial charge is 0.480 e. The smallest absolute Gasteiger partial charge is 0.323 e. The van der Waals surface area contributed by atoms with Gasteiger partial charge in [0.25, 0.3) is 0 Å². The molecule has 0 atom stereocenters. The average molecular weight is 251 g/mol. The monoisotopic (exact) mass is 251 g/mol. The molecule has 1 aliphatic carbocycles. The van der Waals surface area contributed by atoms with Crippen LogP contribution in [0.4, 0.5) is 11.5 Å². The Bertz CT molecular complexity index is 473. The van der Waals surface area contributed by atoms with Gasteiger partial charge in [-0.25, -0.2) is 4.98 Å². The lowest BCUT2D eigenvalue weighted by Crippen LogP contribution is -2.32. The van der Waals surface area contributed by atoms with Gasteiger partial charge in [0.1, 0.15) is 6.54 Å². The van der Waals surface area contributed by atoms with Crippen LogP contribution in [0, 0.1) is 16.0 Å². The number of hydrogen-bond donors (Lipinski definition) is 1. The van der Waals surface area contributed by atoms with E-state index in [1.54, 1.807) is 0 Å². The van der Waals surface area contributed by atoms with Gasteiger partial charge < -0.3 is 10.0 Å². The maximum absolute atomic E-state index is 10.9. The predicted octanol–water partition coefficient (Wildman–Crippen LogP) is 1.29. The van der Waals surface area contributed by atoms with Crippen LogP contribution >= 0.6 is 0 Å². The van der Waals surface area contributed by atoms with Crippen LogP contribution in [0.3, 0.4) is 0 Å². The van der Waals surface area contributed by atoms with E-state index in [4.69, 9.17) is 5.11 Å². The molecule has 2 rings (SSSR count). The fourth-order valence-electron chi connectivity index (χ4n) is 1.78. The van der Waals surface area contributed by atoms with E-state index in [9.17, 15) is 14.9 Å². The van der Waals surface area contributed by atoms with E-state index in [-0.39, 0.29) is 18.1 Å². The fraction of sp³-hybridized carbons (Fsp3) is 0.455. The summed E-state index contributed by atoms with van der Waals surface area (Å²) in [6.45, 7) is 0.235. The summed E-state index contributed by atoms with van der Waals surface area (Å²) in [6.07, 6.45) is 3.51. The SMILES string of the molecule is O=C(O)CN(CC1CC1)c1ncccc1[N+](=O)[O-]. The second-order valence-corrected chi connectivity index (χ2v) is 4.32. The van der Waals surface area contributed by atoms with Crippen molar-refractivity contribution in [2.45, 2.75) is 12.8 Å². The third-order valence-electron chi connectivity index (χ3n) is 2.76. The van der Waals surface area contributed by atoms with Crippen LogP contribution in [-0.2, 0) is 4.79 Å². The molecule has 0 unspecified atom stereocenters. The van der Waals surface area contributed by atoms with Crippen molar-refractivity contribution in [1.29, 1.82) is 0 Å². The lowest BCUT2D eigenvalue weighted by atomic mass is 10.3. The first-order valence-corrected chi connectivity index (χ1v) is 5.64. The van der Waals surface area contributed by atoms with Gasteiger partial charge in [-0.3, -0.25) is 14.9 Å². The number of carboxylic acids is 1. The zero-order valence-corrected chi connectivity index (χ0v) is 9.65. The number of aliphatic carboxylic acids is 1. The van der Waals surface area contributed by atoms with Gasteiger partial charge in [-0.1, -0.05) is 0 Å². The summed E-state index contributed by atoms with van der Waals surface area (Å²) >= 11 is 0. The Morgan fingerprint density at radius 3 is 2.89 bits per heavy atom. The minimum absolute atomic E-state index is 0.136. The Labute approximate surface area is 103 Å². The molecular weight excluding hydrogens is 238 g/mol. The van der Waals surface area contributed by atoms with E-state index in [0.717, 1.165) is 12.8 Å². The maximum Gasteiger partial charge on any atom is 0.323 e. The average Bonchev–Trinajstić information content (AvgIpc) is 3.11. The highest BCUT2D eigenvalue weighted by Crippen LogP contribution is 2.33. The lowest BCUT2D eigenvalue weighted by molar-refractivity contribution is -0.384. The molecule has 18 heavy (non-hydrogen) atoms. The van der Waals surface area contributed by atoms with Crippen molar-refractivity contribution in [3.63, 3.8) is 0 Å². The van der Waals surface area contributed by atoms with E-state index >= 15 is 0 Å². The minimum atomic E-state index is -1.02. The van der Waals surface area contributed by atoms with Crippen LogP contribution in [0.2, 0.25) is 0 Å². The number of aromatic nitrogens is 1. The van der Waals surface area contributed by atoms with Gasteiger partial charge in [-0.15, -0.1) is 0 Å². The van der Waals surface area contributed by atoms with Crippen molar-refractivity contribution < 1.29 is 14.8 Å². The molecule has 96 valence electrons. The zero-order chi connectivity index (χ0) is 13.1. The molecule has 1 aromatic rings. The van der Waals surface area contributed by atoms with Crippen LogP contribution in [-0.4, -0.2) is 34.1 Å². The molecule has 0 aromatic carbocycles. The Kier molecular flexibility index (Phi) is 3.40. The molecule has 1 aromatic heterocycles. The van der Waals surface area contributed by atoms with Crippen molar-refractivity contribution in [3.05, 3.63) is 28.4 Å². The lowest BCUT2D eigenvalue weighted by Gasteiger charge is -2.20. The van der Waals surface area contributed by atoms with Crippen molar-refractivity contribution in [2.75, 3.05) is 18.0 Å². The van der Waals surface area contributed by atoms with Gasteiger partial charge in [0.05, 0.1) is 4.92 Å². The third-order valence-corrected chi connectivity index (χ3v) is 2.76. The summed E-state index contributed by atoms with van der Waals surface area (Å²) in [4.78, 5) is 26.6. The Hall–Kier alpha value is -2.18. The molecule has 7 heteroatoms. The van der Waals surface area contributed by atoms with E-state index in [0.29, 0.717) is 12.5 Å². The first-order chi connectivity index (χ1) is 8.58. The highest BCUT2D eigenvalue weighted by Gasteiger charge is 2.29. The molecule has 7 nitrogen and oxygen atoms in total. The van der Waals surface area contributed by atoms with Crippen LogP contribution < -0.4 is 4.90 Å². The summed E-state index contributed by atoms with van der Waals surface area (Å²) in [5.74, 6) is -0.460. The van der Waals surface area contributed by atoms with Crippen molar-refractivity contribution in [3.8, 4) is 0 Å². The van der Waals surface area contributed by atoms with Gasteiger partial charge in [0.2, 0.25) is 5.82 Å². The number of nitrogens with zero attached hydrogens (tertiary/aromatic N) is 3. The van der Waals surface area contributed by atoms with Gasteiger partial charge in [0.15, 0.2) is 0 Å². The minimum Gasteiger partial charge on any atom is -0.480 e. The van der Waals surface area contributed by atoms with Gasteiger partial charge in [0, 0.05) is 18.8 Å². The number of carboxylic acid groups (broad SMARTS) is 1. The highest BCUT2D eigenvalue weighted by molar-refractivity contribution is 5.74. The fourth-order valence-corrected chi connectivity index (χ4v) is 1.78. The molecule has 0 spiro atoms. The number of nitro groups is 1. The molecule has 0 amide bonds. The Morgan fingerprint density at radius 1 is 1.61 bits per heavy atom. The molecule has 0 saturated heterocycles. The number of pyridine rings is 1. The number of rotatable bonds is 6. The Balaban J connectivity index is 2.27. The topological polar surface area (TPSA) is 96.6 Å². The zero-order valence-electron chi connectivity index (χ0n) is 9.65. The molecule has 0 bridgehead atoms. The summed E-state index contributed by atoms with van der Waals surface area (Å²) in [5.41, 5.74) is -0.153. The number of anilines is 1. The first kappa shape index (κ1) is 12.3. The molecule has 0 aliphatic heterocycles. The van der Waals surface area contributed by atoms with Crippen molar-refractivity contribution in [1.82, 2.24) is 4.98 Å². The number of carbonyl (C=O) groups is 1. The van der Waals surface area contributed by atoms with Crippen LogP contribution in [0.15, 0.2) is 18.3 Å². The number of hydrogen-bond acceptors (Lipinski definition) is 5. The Morgan fingerprint density at radius 2 is 2.33 bits per heavy atom. The first-order valence-electron chi connectivity index (χ1n) is 5.64. The van der Waals surface area contributed by atoms with Gasteiger partial charge in [-0.2, -0.15) is 0 Å². The molecule has 1 aliphatic rings. The van der Waals surface area contributed by atoms with E-state index in [1.807, 2.05) is 0 Å². The van der Waals surface area contributed by atoms with Gasteiger partial charge >= 0.3 is 11.7 Å². The summed E-state index contributed by atoms with van der Waals surface area (Å²) in [5, 5.41) is 19.8. The highest BCUT2D eigenvalue weighted by atomic mass is 16.6. The van der Waals surface area contributed by atoms with Crippen molar-refractivity contribution in [2.24, 2.45) is 5.92 Å². The van der Waals surface area contributed by atoms with Crippen LogP contribution in [0.1, 0.15) is 12.8 Å². The molecule has 1 heterocycles. The summed E-state index contributed by atoms with van der Waals surface area (Å²) in [6, 6.07) is 2.81. The van der Waals surface area contributed by atoms with E-state index in [2.05, 4.69) is 4.98 Å². The summed E-state index contributed by atoms with van der Waals surface area (Å²) in [7, 11) is 0. The van der Waals surface area contributed by atoms with Crippen molar-refractivity contribution >= 4 is 17.5 Å². The maximum atomic E-state index is 10.9. The quantitative estimate of drug-likeness (QED) is 0.604. The predicted molar refractivity (Wildman–Crippen MR) is 63.5 cm³/mol. The summed E-state index contributed by atoms with van der Waals surface area (Å²) < 4.78 is 0. The van der Waals surface area contributed by atoms with Crippen LogP contribution in [0.25, 0.3) is 0 Å². The second-order valence-electron chi connectivity index (χ2n) is 4.32.